The predicted molar refractivity (Wildman–Crippen MR) is 81.6 cm³/mol. The maximum absolute atomic E-state index is 6.06. The summed E-state index contributed by atoms with van der Waals surface area (Å²) >= 11 is 0. The van der Waals surface area contributed by atoms with Gasteiger partial charge in [-0.2, -0.15) is 0 Å². The summed E-state index contributed by atoms with van der Waals surface area (Å²) < 4.78 is 6.06. The van der Waals surface area contributed by atoms with Crippen LogP contribution in [0.15, 0.2) is 0 Å². The first-order valence-corrected chi connectivity index (χ1v) is 9.02. The lowest BCUT2D eigenvalue weighted by molar-refractivity contribution is -0.0874. The molecule has 5 aliphatic carbocycles. The van der Waals surface area contributed by atoms with Gasteiger partial charge in [-0.15, -0.1) is 0 Å². The molecule has 0 aliphatic heterocycles. The predicted octanol–water partition coefficient (Wildman–Crippen LogP) is 3.61. The van der Waals surface area contributed by atoms with Crippen LogP contribution in [0.1, 0.15) is 57.8 Å². The minimum atomic E-state index is 0.586. The average Bonchev–Trinajstić information content (AvgIpc) is 3.21. The maximum Gasteiger partial charge on any atom is 0.0624 e. The van der Waals surface area contributed by atoms with E-state index in [0.717, 1.165) is 36.9 Å². The van der Waals surface area contributed by atoms with E-state index in [1.54, 1.807) is 0 Å². The second kappa shape index (κ2) is 5.28. The molecule has 0 spiro atoms. The Morgan fingerprint density at radius 1 is 1.05 bits per heavy atom. The lowest BCUT2D eigenvalue weighted by Gasteiger charge is -2.59. The van der Waals surface area contributed by atoms with Gasteiger partial charge in [-0.25, -0.2) is 0 Å². The molecule has 1 N–H and O–H groups in total. The molecule has 5 saturated carbocycles. The second-order valence-corrected chi connectivity index (χ2v) is 8.43. The van der Waals surface area contributed by atoms with Crippen LogP contribution < -0.4 is 5.32 Å². The first-order valence-electron chi connectivity index (χ1n) is 9.02. The van der Waals surface area contributed by atoms with E-state index in [-0.39, 0.29) is 0 Å². The number of hydrogen-bond acceptors (Lipinski definition) is 2. The van der Waals surface area contributed by atoms with Crippen LogP contribution in [0, 0.1) is 29.1 Å². The normalized spacial score (nSPS) is 44.0. The molecule has 0 saturated heterocycles. The zero-order valence-electron chi connectivity index (χ0n) is 13.1. The van der Waals surface area contributed by atoms with Gasteiger partial charge in [0.15, 0.2) is 0 Å². The average molecular weight is 277 g/mol. The molecule has 2 nitrogen and oxygen atoms in total. The van der Waals surface area contributed by atoms with Crippen molar-refractivity contribution in [2.75, 3.05) is 20.3 Å². The molecule has 114 valence electrons. The fraction of sp³-hybridized carbons (Fsp3) is 1.00. The molecule has 5 aliphatic rings. The fourth-order valence-corrected chi connectivity index (χ4v) is 6.03. The molecule has 20 heavy (non-hydrogen) atoms. The van der Waals surface area contributed by atoms with Gasteiger partial charge in [-0.1, -0.05) is 12.8 Å². The topological polar surface area (TPSA) is 21.3 Å². The Morgan fingerprint density at radius 3 is 2.15 bits per heavy atom. The van der Waals surface area contributed by atoms with Crippen molar-refractivity contribution in [2.45, 2.75) is 63.8 Å². The van der Waals surface area contributed by atoms with Crippen LogP contribution in [0.4, 0.5) is 0 Å². The van der Waals surface area contributed by atoms with E-state index in [1.807, 2.05) is 0 Å². The first kappa shape index (κ1) is 13.6. The van der Waals surface area contributed by atoms with Crippen molar-refractivity contribution in [3.8, 4) is 0 Å². The van der Waals surface area contributed by atoms with Crippen molar-refractivity contribution in [3.05, 3.63) is 0 Å². The van der Waals surface area contributed by atoms with Crippen molar-refractivity contribution in [1.82, 2.24) is 5.32 Å². The van der Waals surface area contributed by atoms with E-state index >= 15 is 0 Å². The number of nitrogens with one attached hydrogen (secondary N) is 1. The van der Waals surface area contributed by atoms with Crippen molar-refractivity contribution < 1.29 is 4.74 Å². The zero-order valence-corrected chi connectivity index (χ0v) is 13.1. The van der Waals surface area contributed by atoms with E-state index in [1.165, 1.54) is 57.8 Å². The summed E-state index contributed by atoms with van der Waals surface area (Å²) in [5.74, 6) is 4.14. The number of hydrogen-bond donors (Lipinski definition) is 1. The summed E-state index contributed by atoms with van der Waals surface area (Å²) in [5, 5.41) is 3.64. The Labute approximate surface area is 124 Å². The van der Waals surface area contributed by atoms with Crippen LogP contribution in [0.5, 0.6) is 0 Å². The van der Waals surface area contributed by atoms with Crippen molar-refractivity contribution in [2.24, 2.45) is 29.1 Å². The number of ether oxygens (including phenoxy) is 1. The molecule has 1 unspecified atom stereocenters. The van der Waals surface area contributed by atoms with Crippen LogP contribution >= 0.6 is 0 Å². The van der Waals surface area contributed by atoms with Gasteiger partial charge in [0.2, 0.25) is 0 Å². The SMILES string of the molecule is CNC(COCCC1CC1)C12CC3CC(CC(C3)C1)C2. The summed E-state index contributed by atoms with van der Waals surface area (Å²) in [6.45, 7) is 1.95. The smallest absolute Gasteiger partial charge is 0.0624 e. The Hall–Kier alpha value is -0.0800. The minimum Gasteiger partial charge on any atom is -0.380 e. The quantitative estimate of drug-likeness (QED) is 0.718. The number of rotatable bonds is 7. The largest absolute Gasteiger partial charge is 0.380 e. The maximum atomic E-state index is 6.06. The summed E-state index contributed by atoms with van der Waals surface area (Å²) in [4.78, 5) is 0. The molecule has 0 aromatic rings. The summed E-state index contributed by atoms with van der Waals surface area (Å²) in [6.07, 6.45) is 13.3. The van der Waals surface area contributed by atoms with Gasteiger partial charge in [0.05, 0.1) is 6.61 Å². The summed E-state index contributed by atoms with van der Waals surface area (Å²) in [7, 11) is 2.16. The molecular formula is C18H31NO. The summed E-state index contributed by atoms with van der Waals surface area (Å²) in [5.41, 5.74) is 0.586. The van der Waals surface area contributed by atoms with Gasteiger partial charge in [-0.05, 0) is 81.1 Å². The molecule has 2 heteroatoms. The van der Waals surface area contributed by atoms with Gasteiger partial charge in [0.25, 0.3) is 0 Å². The van der Waals surface area contributed by atoms with E-state index in [0.29, 0.717) is 11.5 Å². The molecule has 0 heterocycles. The Balaban J connectivity index is 1.36. The standard InChI is InChI=1S/C18H31NO/c1-19-17(12-20-5-4-13-2-3-13)18-9-14-6-15(10-18)8-16(7-14)11-18/h13-17,19H,2-12H2,1H3. The lowest BCUT2D eigenvalue weighted by atomic mass is 9.48. The van der Waals surface area contributed by atoms with Crippen LogP contribution in [-0.2, 0) is 4.74 Å². The van der Waals surface area contributed by atoms with Gasteiger partial charge in [-0.3, -0.25) is 0 Å². The monoisotopic (exact) mass is 277 g/mol. The molecule has 5 fully saturated rings. The van der Waals surface area contributed by atoms with Crippen molar-refractivity contribution >= 4 is 0 Å². The van der Waals surface area contributed by atoms with E-state index in [9.17, 15) is 0 Å². The first-order chi connectivity index (χ1) is 9.77. The molecule has 0 radical (unpaired) electrons. The van der Waals surface area contributed by atoms with Gasteiger partial charge in [0.1, 0.15) is 0 Å². The Kier molecular flexibility index (Phi) is 3.58. The van der Waals surface area contributed by atoms with Crippen LogP contribution in [0.3, 0.4) is 0 Å². The minimum absolute atomic E-state index is 0.586. The van der Waals surface area contributed by atoms with Crippen molar-refractivity contribution in [1.29, 1.82) is 0 Å². The van der Waals surface area contributed by atoms with Gasteiger partial charge >= 0.3 is 0 Å². The molecule has 0 aromatic carbocycles. The van der Waals surface area contributed by atoms with Gasteiger partial charge < -0.3 is 10.1 Å². The Bertz CT molecular complexity index is 314. The highest BCUT2D eigenvalue weighted by atomic mass is 16.5. The molecular weight excluding hydrogens is 246 g/mol. The molecule has 0 amide bonds. The van der Waals surface area contributed by atoms with Crippen LogP contribution in [-0.4, -0.2) is 26.3 Å². The summed E-state index contributed by atoms with van der Waals surface area (Å²) in [6, 6.07) is 0.607. The second-order valence-electron chi connectivity index (χ2n) is 8.43. The van der Waals surface area contributed by atoms with E-state index < -0.39 is 0 Å². The third-order valence-electron chi connectivity index (χ3n) is 6.83. The third kappa shape index (κ3) is 2.54. The molecule has 5 rings (SSSR count). The van der Waals surface area contributed by atoms with Crippen LogP contribution in [0.25, 0.3) is 0 Å². The van der Waals surface area contributed by atoms with Gasteiger partial charge in [0, 0.05) is 12.6 Å². The highest BCUT2D eigenvalue weighted by Gasteiger charge is 2.53. The molecule has 1 atom stereocenters. The van der Waals surface area contributed by atoms with E-state index in [2.05, 4.69) is 12.4 Å². The van der Waals surface area contributed by atoms with E-state index in [4.69, 9.17) is 4.74 Å². The lowest BCUT2D eigenvalue weighted by Crippen LogP contribution is -2.56. The number of likely N-dealkylation sites (N-methyl/N-ethyl adjacent to an activating group) is 1. The molecule has 0 aromatic heterocycles. The van der Waals surface area contributed by atoms with Crippen LogP contribution in [0.2, 0.25) is 0 Å². The highest BCUT2D eigenvalue weighted by Crippen LogP contribution is 2.61. The fourth-order valence-electron chi connectivity index (χ4n) is 6.03. The molecule has 4 bridgehead atoms. The van der Waals surface area contributed by atoms with Crippen molar-refractivity contribution in [3.63, 3.8) is 0 Å². The highest BCUT2D eigenvalue weighted by molar-refractivity contribution is 5.06. The zero-order chi connectivity index (χ0) is 13.6. The Morgan fingerprint density at radius 2 is 1.65 bits per heavy atom. The third-order valence-corrected chi connectivity index (χ3v) is 6.83.